The fraction of sp³-hybridized carbons (Fsp3) is 0.227. The highest BCUT2D eigenvalue weighted by atomic mass is 32.1. The van der Waals surface area contributed by atoms with E-state index >= 15 is 0 Å². The van der Waals surface area contributed by atoms with Gasteiger partial charge in [0.15, 0.2) is 0 Å². The standard InChI is InChI=1S/C22H22N2O3S/c1-22(2,3)27-17(25)14-23-20(26)19-18(15-10-6-4-7-11-15)24-21(28-19)16-12-8-5-9-13-16/h4-13H,14H2,1-3H3,(H,23,26). The SMILES string of the molecule is CC(C)(C)OC(=O)CNC(=O)c1sc(-c2ccccc2)nc1-c1ccccc1. The number of benzene rings is 2. The average Bonchev–Trinajstić information content (AvgIpc) is 3.12. The Hall–Kier alpha value is -2.99. The van der Waals surface area contributed by atoms with Gasteiger partial charge in [0, 0.05) is 11.1 Å². The molecule has 2 aromatic carbocycles. The van der Waals surface area contributed by atoms with Crippen LogP contribution >= 0.6 is 11.3 Å². The summed E-state index contributed by atoms with van der Waals surface area (Å²) in [5, 5.41) is 3.40. The molecule has 0 radical (unpaired) electrons. The Bertz CT molecular complexity index is 960. The molecule has 6 heteroatoms. The van der Waals surface area contributed by atoms with Crippen molar-refractivity contribution in [2.75, 3.05) is 6.54 Å². The molecule has 28 heavy (non-hydrogen) atoms. The molecule has 0 aliphatic heterocycles. The van der Waals surface area contributed by atoms with Crippen LogP contribution < -0.4 is 5.32 Å². The molecule has 0 aliphatic rings. The minimum absolute atomic E-state index is 0.192. The molecule has 1 amide bonds. The summed E-state index contributed by atoms with van der Waals surface area (Å²) in [5.41, 5.74) is 1.80. The van der Waals surface area contributed by atoms with Crippen molar-refractivity contribution in [1.29, 1.82) is 0 Å². The summed E-state index contributed by atoms with van der Waals surface area (Å²) in [4.78, 5) is 29.9. The zero-order valence-electron chi connectivity index (χ0n) is 16.1. The van der Waals surface area contributed by atoms with Gasteiger partial charge in [0.25, 0.3) is 5.91 Å². The lowest BCUT2D eigenvalue weighted by Gasteiger charge is -2.19. The number of nitrogens with one attached hydrogen (secondary N) is 1. The molecule has 1 aromatic heterocycles. The number of amides is 1. The van der Waals surface area contributed by atoms with E-state index in [1.54, 1.807) is 20.8 Å². The van der Waals surface area contributed by atoms with Crippen LogP contribution in [0.4, 0.5) is 0 Å². The summed E-state index contributed by atoms with van der Waals surface area (Å²) in [7, 11) is 0. The molecule has 0 saturated heterocycles. The van der Waals surface area contributed by atoms with E-state index in [0.717, 1.165) is 16.1 Å². The van der Waals surface area contributed by atoms with Crippen molar-refractivity contribution in [2.45, 2.75) is 26.4 Å². The first-order chi connectivity index (χ1) is 13.3. The zero-order valence-corrected chi connectivity index (χ0v) is 16.9. The van der Waals surface area contributed by atoms with Crippen molar-refractivity contribution in [3.63, 3.8) is 0 Å². The van der Waals surface area contributed by atoms with E-state index in [-0.39, 0.29) is 12.5 Å². The summed E-state index contributed by atoms with van der Waals surface area (Å²) in [6.07, 6.45) is 0. The lowest BCUT2D eigenvalue weighted by Crippen LogP contribution is -2.34. The molecular weight excluding hydrogens is 372 g/mol. The largest absolute Gasteiger partial charge is 0.459 e. The third-order valence-electron chi connectivity index (χ3n) is 3.71. The molecule has 3 rings (SSSR count). The molecule has 0 spiro atoms. The van der Waals surface area contributed by atoms with Gasteiger partial charge < -0.3 is 10.1 Å². The fourth-order valence-corrected chi connectivity index (χ4v) is 3.59. The van der Waals surface area contributed by atoms with Gasteiger partial charge in [-0.05, 0) is 20.8 Å². The molecule has 0 atom stereocenters. The molecule has 1 N–H and O–H groups in total. The number of rotatable bonds is 5. The minimum Gasteiger partial charge on any atom is -0.459 e. The second-order valence-electron chi connectivity index (χ2n) is 7.20. The van der Waals surface area contributed by atoms with E-state index in [2.05, 4.69) is 5.32 Å². The smallest absolute Gasteiger partial charge is 0.325 e. The van der Waals surface area contributed by atoms with Crippen LogP contribution in [0.15, 0.2) is 60.7 Å². The number of hydrogen-bond donors (Lipinski definition) is 1. The van der Waals surface area contributed by atoms with Gasteiger partial charge in [-0.1, -0.05) is 60.7 Å². The number of aromatic nitrogens is 1. The lowest BCUT2D eigenvalue weighted by molar-refractivity contribution is -0.153. The number of nitrogens with zero attached hydrogens (tertiary/aromatic N) is 1. The van der Waals surface area contributed by atoms with Crippen molar-refractivity contribution in [3.05, 3.63) is 65.5 Å². The predicted octanol–water partition coefficient (Wildman–Crippen LogP) is 4.55. The Kier molecular flexibility index (Phi) is 5.90. The van der Waals surface area contributed by atoms with E-state index in [9.17, 15) is 9.59 Å². The van der Waals surface area contributed by atoms with Gasteiger partial charge >= 0.3 is 5.97 Å². The van der Waals surface area contributed by atoms with Gasteiger partial charge in [-0.2, -0.15) is 0 Å². The highest BCUT2D eigenvalue weighted by molar-refractivity contribution is 7.17. The number of ether oxygens (including phenoxy) is 1. The molecule has 0 bridgehead atoms. The quantitative estimate of drug-likeness (QED) is 0.645. The molecule has 1 heterocycles. The van der Waals surface area contributed by atoms with Crippen molar-refractivity contribution in [3.8, 4) is 21.8 Å². The topological polar surface area (TPSA) is 68.3 Å². The van der Waals surface area contributed by atoms with Crippen molar-refractivity contribution < 1.29 is 14.3 Å². The summed E-state index contributed by atoms with van der Waals surface area (Å²) in [5.74, 6) is -0.820. The molecule has 0 aliphatic carbocycles. The van der Waals surface area contributed by atoms with Crippen LogP contribution in [0.1, 0.15) is 30.4 Å². The first-order valence-electron chi connectivity index (χ1n) is 8.95. The average molecular weight is 394 g/mol. The number of carbonyl (C=O) groups excluding carboxylic acids is 2. The zero-order chi connectivity index (χ0) is 20.1. The van der Waals surface area contributed by atoms with Crippen LogP contribution in [0, 0.1) is 0 Å². The van der Waals surface area contributed by atoms with Gasteiger partial charge in [-0.15, -0.1) is 11.3 Å². The fourth-order valence-electron chi connectivity index (χ4n) is 2.58. The van der Waals surface area contributed by atoms with Crippen LogP contribution in [0.3, 0.4) is 0 Å². The van der Waals surface area contributed by atoms with Gasteiger partial charge in [0.2, 0.25) is 0 Å². The van der Waals surface area contributed by atoms with Gasteiger partial charge in [-0.25, -0.2) is 4.98 Å². The van der Waals surface area contributed by atoms with Crippen molar-refractivity contribution in [1.82, 2.24) is 10.3 Å². The first kappa shape index (κ1) is 19.8. The maximum Gasteiger partial charge on any atom is 0.325 e. The maximum absolute atomic E-state index is 12.8. The summed E-state index contributed by atoms with van der Waals surface area (Å²) in [6, 6.07) is 19.2. The molecule has 0 unspecified atom stereocenters. The Morgan fingerprint density at radius 3 is 2.11 bits per heavy atom. The monoisotopic (exact) mass is 394 g/mol. The van der Waals surface area contributed by atoms with Crippen LogP contribution in [0.25, 0.3) is 21.8 Å². The number of thiazole rings is 1. The van der Waals surface area contributed by atoms with Crippen LogP contribution in [-0.4, -0.2) is 29.0 Å². The number of carbonyl (C=O) groups is 2. The van der Waals surface area contributed by atoms with E-state index in [1.807, 2.05) is 60.7 Å². The molecule has 3 aromatic rings. The van der Waals surface area contributed by atoms with E-state index in [4.69, 9.17) is 9.72 Å². The van der Waals surface area contributed by atoms with Gasteiger partial charge in [0.1, 0.15) is 22.0 Å². The molecule has 0 fully saturated rings. The maximum atomic E-state index is 12.8. The van der Waals surface area contributed by atoms with Gasteiger partial charge in [-0.3, -0.25) is 9.59 Å². The van der Waals surface area contributed by atoms with Crippen molar-refractivity contribution >= 4 is 23.2 Å². The Morgan fingerprint density at radius 2 is 1.54 bits per heavy atom. The van der Waals surface area contributed by atoms with E-state index < -0.39 is 11.6 Å². The minimum atomic E-state index is -0.595. The van der Waals surface area contributed by atoms with Crippen LogP contribution in [0.2, 0.25) is 0 Å². The summed E-state index contributed by atoms with van der Waals surface area (Å²) >= 11 is 1.31. The second-order valence-corrected chi connectivity index (χ2v) is 8.20. The number of esters is 1. The molecule has 5 nitrogen and oxygen atoms in total. The molecular formula is C22H22N2O3S. The van der Waals surface area contributed by atoms with Crippen molar-refractivity contribution in [2.24, 2.45) is 0 Å². The molecule has 144 valence electrons. The van der Waals surface area contributed by atoms with E-state index in [0.29, 0.717) is 10.6 Å². The third kappa shape index (κ3) is 5.04. The Balaban J connectivity index is 1.87. The number of hydrogen-bond acceptors (Lipinski definition) is 5. The Labute approximate surface area is 168 Å². The van der Waals surface area contributed by atoms with Crippen LogP contribution in [-0.2, 0) is 9.53 Å². The summed E-state index contributed by atoms with van der Waals surface area (Å²) in [6.45, 7) is 5.17. The predicted molar refractivity (Wildman–Crippen MR) is 111 cm³/mol. The normalized spacial score (nSPS) is 11.1. The lowest BCUT2D eigenvalue weighted by atomic mass is 10.1. The van der Waals surface area contributed by atoms with Gasteiger partial charge in [0.05, 0.1) is 5.69 Å². The third-order valence-corrected chi connectivity index (χ3v) is 4.82. The van der Waals surface area contributed by atoms with Crippen LogP contribution in [0.5, 0.6) is 0 Å². The highest BCUT2D eigenvalue weighted by Crippen LogP contribution is 2.33. The molecule has 0 saturated carbocycles. The Morgan fingerprint density at radius 1 is 0.964 bits per heavy atom. The first-order valence-corrected chi connectivity index (χ1v) is 9.77. The summed E-state index contributed by atoms with van der Waals surface area (Å²) < 4.78 is 5.25. The highest BCUT2D eigenvalue weighted by Gasteiger charge is 2.22. The second kappa shape index (κ2) is 8.35. The van der Waals surface area contributed by atoms with E-state index in [1.165, 1.54) is 11.3 Å².